The van der Waals surface area contributed by atoms with E-state index in [1.54, 1.807) is 25.3 Å². The van der Waals surface area contributed by atoms with Gasteiger partial charge in [0.25, 0.3) is 0 Å². The van der Waals surface area contributed by atoms with Gasteiger partial charge in [-0.25, -0.2) is 13.9 Å². The number of fused-ring (bicyclic) bond motifs is 2. The van der Waals surface area contributed by atoms with Crippen LogP contribution < -0.4 is 5.69 Å². The Bertz CT molecular complexity index is 804. The Morgan fingerprint density at radius 1 is 1.33 bits per heavy atom. The maximum Gasteiger partial charge on any atom is 0.345 e. The molecule has 0 aromatic carbocycles. The van der Waals surface area contributed by atoms with E-state index in [1.165, 1.54) is 14.1 Å². The van der Waals surface area contributed by atoms with E-state index in [-0.39, 0.29) is 18.3 Å². The van der Waals surface area contributed by atoms with Crippen molar-refractivity contribution in [1.29, 1.82) is 0 Å². The van der Waals surface area contributed by atoms with Crippen molar-refractivity contribution < 1.29 is 9.13 Å². The molecule has 0 aliphatic carbocycles. The number of halogens is 1. The van der Waals surface area contributed by atoms with Crippen molar-refractivity contribution in [2.75, 3.05) is 6.54 Å². The van der Waals surface area contributed by atoms with Gasteiger partial charge < -0.3 is 4.74 Å². The van der Waals surface area contributed by atoms with E-state index in [0.29, 0.717) is 31.1 Å². The molecule has 0 spiro atoms. The molecule has 4 heterocycles. The third kappa shape index (κ3) is 4.02. The summed E-state index contributed by atoms with van der Waals surface area (Å²) in [7, 11) is 1.66. The summed E-state index contributed by atoms with van der Waals surface area (Å²) in [6, 6.07) is 4.92. The number of hydrogen-bond acceptors (Lipinski definition) is 5. The van der Waals surface area contributed by atoms with Crippen molar-refractivity contribution in [3.05, 3.63) is 38.7 Å². The Labute approximate surface area is 162 Å². The Hall–Kier alpha value is -1.51. The van der Waals surface area contributed by atoms with Crippen LogP contribution in [0.25, 0.3) is 0 Å². The van der Waals surface area contributed by atoms with Gasteiger partial charge >= 0.3 is 5.69 Å². The molecule has 0 N–H and O–H groups in total. The zero-order valence-corrected chi connectivity index (χ0v) is 16.7. The molecule has 2 saturated heterocycles. The van der Waals surface area contributed by atoms with Gasteiger partial charge in [-0.15, -0.1) is 11.3 Å². The SMILES string of the molecule is Cc1nn(C[C@H](F)CN2C3CCC2CC(OCc2cccs2)C3)c(=O)n1C. The number of piperidine rings is 1. The zero-order valence-electron chi connectivity index (χ0n) is 15.9. The van der Waals surface area contributed by atoms with Crippen molar-refractivity contribution in [3.8, 4) is 0 Å². The molecule has 2 aliphatic heterocycles. The second-order valence-electron chi connectivity index (χ2n) is 7.73. The van der Waals surface area contributed by atoms with Gasteiger partial charge in [-0.3, -0.25) is 9.47 Å². The van der Waals surface area contributed by atoms with Crippen LogP contribution in [0, 0.1) is 6.92 Å². The van der Waals surface area contributed by atoms with Crippen LogP contribution in [0.2, 0.25) is 0 Å². The summed E-state index contributed by atoms with van der Waals surface area (Å²) in [6.07, 6.45) is 3.33. The van der Waals surface area contributed by atoms with Crippen LogP contribution in [0.5, 0.6) is 0 Å². The molecule has 3 atom stereocenters. The topological polar surface area (TPSA) is 52.3 Å². The Morgan fingerprint density at radius 2 is 2.07 bits per heavy atom. The van der Waals surface area contributed by atoms with E-state index < -0.39 is 6.17 Å². The molecule has 148 valence electrons. The lowest BCUT2D eigenvalue weighted by atomic mass is 9.99. The lowest BCUT2D eigenvalue weighted by Crippen LogP contribution is -2.48. The third-order valence-electron chi connectivity index (χ3n) is 5.92. The van der Waals surface area contributed by atoms with E-state index in [1.807, 2.05) is 6.07 Å². The summed E-state index contributed by atoms with van der Waals surface area (Å²) in [5.74, 6) is 0.607. The zero-order chi connectivity index (χ0) is 19.0. The fraction of sp³-hybridized carbons (Fsp3) is 0.684. The van der Waals surface area contributed by atoms with Crippen LogP contribution >= 0.6 is 11.3 Å². The van der Waals surface area contributed by atoms with Gasteiger partial charge in [-0.1, -0.05) is 6.07 Å². The molecule has 2 fully saturated rings. The quantitative estimate of drug-likeness (QED) is 0.724. The summed E-state index contributed by atoms with van der Waals surface area (Å²) in [4.78, 5) is 15.6. The molecule has 2 bridgehead atoms. The predicted molar refractivity (Wildman–Crippen MR) is 103 cm³/mol. The number of alkyl halides is 1. The van der Waals surface area contributed by atoms with Crippen LogP contribution in [-0.2, 0) is 24.9 Å². The molecule has 0 saturated carbocycles. The molecule has 27 heavy (non-hydrogen) atoms. The number of rotatable bonds is 7. The summed E-state index contributed by atoms with van der Waals surface area (Å²) in [6.45, 7) is 2.82. The highest BCUT2D eigenvalue weighted by molar-refractivity contribution is 7.09. The highest BCUT2D eigenvalue weighted by Gasteiger charge is 2.41. The smallest absolute Gasteiger partial charge is 0.345 e. The molecular weight excluding hydrogens is 367 g/mol. The average molecular weight is 395 g/mol. The maximum absolute atomic E-state index is 14.7. The molecule has 4 rings (SSSR count). The molecule has 8 heteroatoms. The van der Waals surface area contributed by atoms with Crippen molar-refractivity contribution in [2.24, 2.45) is 7.05 Å². The van der Waals surface area contributed by atoms with Gasteiger partial charge in [-0.2, -0.15) is 5.10 Å². The van der Waals surface area contributed by atoms with E-state index in [9.17, 15) is 9.18 Å². The number of aromatic nitrogens is 3. The number of aryl methyl sites for hydroxylation is 1. The number of ether oxygens (including phenoxy) is 1. The van der Waals surface area contributed by atoms with Gasteiger partial charge in [0, 0.05) is 30.6 Å². The number of thiophene rings is 1. The van der Waals surface area contributed by atoms with Crippen LogP contribution in [-0.4, -0.2) is 50.2 Å². The highest BCUT2D eigenvalue weighted by Crippen LogP contribution is 2.37. The number of hydrogen-bond donors (Lipinski definition) is 0. The first-order valence-electron chi connectivity index (χ1n) is 9.65. The largest absolute Gasteiger partial charge is 0.373 e. The van der Waals surface area contributed by atoms with Crippen LogP contribution in [0.1, 0.15) is 36.4 Å². The number of nitrogens with zero attached hydrogens (tertiary/aromatic N) is 4. The molecule has 2 aromatic rings. The minimum atomic E-state index is -1.09. The lowest BCUT2D eigenvalue weighted by Gasteiger charge is -2.39. The summed E-state index contributed by atoms with van der Waals surface area (Å²) in [5, 5.41) is 6.22. The van der Waals surface area contributed by atoms with Crippen LogP contribution in [0.3, 0.4) is 0 Å². The fourth-order valence-corrected chi connectivity index (χ4v) is 5.07. The molecule has 0 radical (unpaired) electrons. The monoisotopic (exact) mass is 394 g/mol. The minimum absolute atomic E-state index is 0.0226. The normalized spacial score (nSPS) is 26.6. The Morgan fingerprint density at radius 3 is 2.67 bits per heavy atom. The first-order chi connectivity index (χ1) is 13.0. The molecular formula is C19H27FN4O2S. The third-order valence-corrected chi connectivity index (χ3v) is 6.77. The van der Waals surface area contributed by atoms with Crippen molar-refractivity contribution in [2.45, 2.75) is 70.1 Å². The maximum atomic E-state index is 14.7. The van der Waals surface area contributed by atoms with Gasteiger partial charge in [0.1, 0.15) is 12.0 Å². The first-order valence-corrected chi connectivity index (χ1v) is 10.5. The second kappa shape index (κ2) is 7.85. The Balaban J connectivity index is 1.31. The standard InChI is InChI=1S/C19H27FN4O2S/c1-13-21-24(19(25)22(13)2)11-14(20)10-23-15-5-6-16(23)9-17(8-15)26-12-18-4-3-7-27-18/h3-4,7,14-17H,5-6,8-12H2,1-2H3/t14-,15?,16?,17?/m1/s1. The second-order valence-corrected chi connectivity index (χ2v) is 8.77. The van der Waals surface area contributed by atoms with Crippen molar-refractivity contribution in [1.82, 2.24) is 19.2 Å². The molecule has 2 aliphatic rings. The van der Waals surface area contributed by atoms with Crippen LogP contribution in [0.4, 0.5) is 4.39 Å². The molecule has 2 unspecified atom stereocenters. The van der Waals surface area contributed by atoms with E-state index >= 15 is 0 Å². The van der Waals surface area contributed by atoms with Gasteiger partial charge in [0.15, 0.2) is 0 Å². The fourth-order valence-electron chi connectivity index (χ4n) is 4.44. The van der Waals surface area contributed by atoms with E-state index in [4.69, 9.17) is 4.74 Å². The first kappa shape index (κ1) is 18.8. The van der Waals surface area contributed by atoms with Crippen molar-refractivity contribution >= 4 is 11.3 Å². The van der Waals surface area contributed by atoms with Crippen LogP contribution in [0.15, 0.2) is 22.3 Å². The highest BCUT2D eigenvalue weighted by atomic mass is 32.1. The molecule has 0 amide bonds. The summed E-state index contributed by atoms with van der Waals surface area (Å²) < 4.78 is 23.5. The van der Waals surface area contributed by atoms with Gasteiger partial charge in [0.05, 0.1) is 19.3 Å². The van der Waals surface area contributed by atoms with Gasteiger partial charge in [0.2, 0.25) is 0 Å². The van der Waals surface area contributed by atoms with Crippen molar-refractivity contribution in [3.63, 3.8) is 0 Å². The predicted octanol–water partition coefficient (Wildman–Crippen LogP) is 2.50. The van der Waals surface area contributed by atoms with E-state index in [0.717, 1.165) is 25.7 Å². The summed E-state index contributed by atoms with van der Waals surface area (Å²) in [5.41, 5.74) is -0.251. The summed E-state index contributed by atoms with van der Waals surface area (Å²) >= 11 is 1.72. The van der Waals surface area contributed by atoms with E-state index in [2.05, 4.69) is 21.4 Å². The molecule has 2 aromatic heterocycles. The van der Waals surface area contributed by atoms with Gasteiger partial charge in [-0.05, 0) is 44.1 Å². The minimum Gasteiger partial charge on any atom is -0.373 e. The Kier molecular flexibility index (Phi) is 5.48. The molecule has 6 nitrogen and oxygen atoms in total. The average Bonchev–Trinajstić information content (AvgIpc) is 3.29. The lowest BCUT2D eigenvalue weighted by molar-refractivity contribution is -0.0334.